The molecule has 120 valence electrons. The number of nitrogen functional groups attached to an aromatic ring is 1. The Balaban J connectivity index is 1.73. The second kappa shape index (κ2) is 6.01. The van der Waals surface area contributed by atoms with E-state index in [0.717, 1.165) is 27.5 Å². The number of fused-ring (bicyclic) bond motifs is 3. The van der Waals surface area contributed by atoms with Crippen molar-refractivity contribution >= 4 is 28.4 Å². The van der Waals surface area contributed by atoms with Gasteiger partial charge in [-0.2, -0.15) is 4.68 Å². The summed E-state index contributed by atoms with van der Waals surface area (Å²) in [5.41, 5.74) is 1.78. The number of benzene rings is 2. The van der Waals surface area contributed by atoms with Crippen LogP contribution < -0.4 is 11.4 Å². The lowest BCUT2D eigenvalue weighted by Crippen LogP contribution is -2.29. The van der Waals surface area contributed by atoms with Crippen LogP contribution in [0.3, 0.4) is 0 Å². The summed E-state index contributed by atoms with van der Waals surface area (Å²) >= 11 is 1.60. The van der Waals surface area contributed by atoms with Crippen LogP contribution in [-0.2, 0) is 6.42 Å². The molecule has 2 heterocycles. The zero-order valence-corrected chi connectivity index (χ0v) is 13.6. The number of rotatable bonds is 4. The summed E-state index contributed by atoms with van der Waals surface area (Å²) in [7, 11) is 0. The summed E-state index contributed by atoms with van der Waals surface area (Å²) in [6, 6.07) is 17.6. The second-order valence-corrected chi connectivity index (χ2v) is 6.46. The third-order valence-electron chi connectivity index (χ3n) is 3.89. The summed E-state index contributed by atoms with van der Waals surface area (Å²) < 4.78 is 2.89. The molecule has 0 atom stereocenters. The first kappa shape index (κ1) is 14.8. The number of aryl methyl sites for hydroxylation is 1. The van der Waals surface area contributed by atoms with Crippen LogP contribution in [-0.4, -0.2) is 25.0 Å². The molecule has 0 aliphatic heterocycles. The molecule has 0 unspecified atom stereocenters. The predicted octanol–water partition coefficient (Wildman–Crippen LogP) is 2.09. The number of hydrogen-bond donors (Lipinski definition) is 1. The summed E-state index contributed by atoms with van der Waals surface area (Å²) in [6.07, 6.45) is 0.931. The van der Waals surface area contributed by atoms with Crippen molar-refractivity contribution < 1.29 is 0 Å². The number of aromatic nitrogens is 4. The lowest BCUT2D eigenvalue weighted by Gasteiger charge is -2.07. The Labute approximate surface area is 141 Å². The van der Waals surface area contributed by atoms with E-state index in [1.807, 2.05) is 40.8 Å². The average Bonchev–Trinajstić information content (AvgIpc) is 3.05. The van der Waals surface area contributed by atoms with E-state index in [9.17, 15) is 4.79 Å². The molecule has 0 fully saturated rings. The van der Waals surface area contributed by atoms with Crippen molar-refractivity contribution in [2.45, 2.75) is 11.6 Å². The minimum Gasteiger partial charge on any atom is -0.333 e. The van der Waals surface area contributed by atoms with E-state index >= 15 is 0 Å². The summed E-state index contributed by atoms with van der Waals surface area (Å²) in [6.45, 7) is 0. The van der Waals surface area contributed by atoms with Crippen molar-refractivity contribution in [3.63, 3.8) is 0 Å². The Morgan fingerprint density at radius 3 is 2.58 bits per heavy atom. The first-order valence-electron chi connectivity index (χ1n) is 7.56. The Bertz CT molecular complexity index is 1070. The van der Waals surface area contributed by atoms with E-state index in [1.165, 1.54) is 5.56 Å². The molecule has 0 saturated carbocycles. The Hall–Kier alpha value is -2.80. The number of hydrogen-bond acceptors (Lipinski definition) is 5. The maximum Gasteiger partial charge on any atom is 0.281 e. The van der Waals surface area contributed by atoms with E-state index in [2.05, 4.69) is 22.3 Å². The molecule has 0 aliphatic carbocycles. The molecule has 2 aromatic heterocycles. The molecule has 7 heteroatoms. The van der Waals surface area contributed by atoms with Crippen molar-refractivity contribution in [3.05, 3.63) is 70.5 Å². The maximum atomic E-state index is 12.3. The monoisotopic (exact) mass is 337 g/mol. The SMILES string of the molecule is Nn1c(=O)c2ccccc2n2c(SCCc3ccccc3)nnc12. The zero-order valence-electron chi connectivity index (χ0n) is 12.8. The Morgan fingerprint density at radius 1 is 1.00 bits per heavy atom. The van der Waals surface area contributed by atoms with Gasteiger partial charge in [0.15, 0.2) is 5.16 Å². The molecule has 2 aromatic carbocycles. The topological polar surface area (TPSA) is 78.2 Å². The van der Waals surface area contributed by atoms with E-state index in [-0.39, 0.29) is 5.56 Å². The molecule has 24 heavy (non-hydrogen) atoms. The van der Waals surface area contributed by atoms with Gasteiger partial charge in [0, 0.05) is 5.75 Å². The molecular weight excluding hydrogens is 322 g/mol. The molecule has 6 nitrogen and oxygen atoms in total. The minimum absolute atomic E-state index is 0.272. The summed E-state index contributed by atoms with van der Waals surface area (Å²) in [5.74, 6) is 7.10. The van der Waals surface area contributed by atoms with Crippen LogP contribution in [0.4, 0.5) is 0 Å². The van der Waals surface area contributed by atoms with Crippen molar-refractivity contribution in [2.24, 2.45) is 0 Å². The van der Waals surface area contributed by atoms with Crippen LogP contribution in [0.2, 0.25) is 0 Å². The van der Waals surface area contributed by atoms with Crippen molar-refractivity contribution in [3.8, 4) is 0 Å². The van der Waals surface area contributed by atoms with Gasteiger partial charge in [0.05, 0.1) is 10.9 Å². The van der Waals surface area contributed by atoms with Gasteiger partial charge in [0.2, 0.25) is 0 Å². The van der Waals surface area contributed by atoms with E-state index in [0.29, 0.717) is 11.2 Å². The smallest absolute Gasteiger partial charge is 0.281 e. The minimum atomic E-state index is -0.272. The highest BCUT2D eigenvalue weighted by Gasteiger charge is 2.15. The van der Waals surface area contributed by atoms with Gasteiger partial charge in [0.25, 0.3) is 11.3 Å². The molecule has 0 saturated heterocycles. The molecule has 0 spiro atoms. The van der Waals surface area contributed by atoms with Crippen LogP contribution in [0.5, 0.6) is 0 Å². The van der Waals surface area contributed by atoms with Crippen molar-refractivity contribution in [2.75, 3.05) is 11.6 Å². The van der Waals surface area contributed by atoms with Crippen LogP contribution in [0.15, 0.2) is 64.5 Å². The maximum absolute atomic E-state index is 12.3. The molecule has 0 bridgehead atoms. The van der Waals surface area contributed by atoms with E-state index in [4.69, 9.17) is 5.84 Å². The molecule has 0 amide bonds. The van der Waals surface area contributed by atoms with Gasteiger partial charge in [0.1, 0.15) is 0 Å². The third kappa shape index (κ3) is 2.43. The summed E-state index contributed by atoms with van der Waals surface area (Å²) in [4.78, 5) is 12.3. The van der Waals surface area contributed by atoms with Crippen molar-refractivity contribution in [1.29, 1.82) is 0 Å². The lowest BCUT2D eigenvalue weighted by molar-refractivity contribution is 0.909. The van der Waals surface area contributed by atoms with Gasteiger partial charge >= 0.3 is 0 Å². The fourth-order valence-corrected chi connectivity index (χ4v) is 3.63. The van der Waals surface area contributed by atoms with Gasteiger partial charge in [-0.3, -0.25) is 9.20 Å². The molecule has 2 N–H and O–H groups in total. The van der Waals surface area contributed by atoms with Gasteiger partial charge in [-0.05, 0) is 24.1 Å². The quantitative estimate of drug-likeness (QED) is 0.456. The third-order valence-corrected chi connectivity index (χ3v) is 4.82. The second-order valence-electron chi connectivity index (χ2n) is 5.39. The largest absolute Gasteiger partial charge is 0.333 e. The molecule has 4 rings (SSSR count). The number of nitrogens with zero attached hydrogens (tertiary/aromatic N) is 4. The first-order valence-corrected chi connectivity index (χ1v) is 8.55. The number of para-hydroxylation sites is 1. The highest BCUT2D eigenvalue weighted by Crippen LogP contribution is 2.21. The Kier molecular flexibility index (Phi) is 3.70. The first-order chi connectivity index (χ1) is 11.8. The zero-order chi connectivity index (χ0) is 16.5. The number of thioether (sulfide) groups is 1. The molecule has 4 aromatic rings. The fourth-order valence-electron chi connectivity index (χ4n) is 2.70. The fraction of sp³-hybridized carbons (Fsp3) is 0.118. The van der Waals surface area contributed by atoms with Gasteiger partial charge in [-0.15, -0.1) is 10.2 Å². The predicted molar refractivity (Wildman–Crippen MR) is 95.8 cm³/mol. The summed E-state index contributed by atoms with van der Waals surface area (Å²) in [5, 5.41) is 9.59. The van der Waals surface area contributed by atoms with E-state index < -0.39 is 0 Å². The highest BCUT2D eigenvalue weighted by atomic mass is 32.2. The van der Waals surface area contributed by atoms with E-state index in [1.54, 1.807) is 17.8 Å². The van der Waals surface area contributed by atoms with Crippen LogP contribution >= 0.6 is 11.8 Å². The molecule has 0 aliphatic rings. The average molecular weight is 337 g/mol. The molecule has 0 radical (unpaired) electrons. The van der Waals surface area contributed by atoms with Gasteiger partial charge in [-0.25, -0.2) is 0 Å². The van der Waals surface area contributed by atoms with Crippen LogP contribution in [0, 0.1) is 0 Å². The van der Waals surface area contributed by atoms with Crippen LogP contribution in [0.1, 0.15) is 5.56 Å². The normalized spacial score (nSPS) is 11.3. The highest BCUT2D eigenvalue weighted by molar-refractivity contribution is 7.99. The van der Waals surface area contributed by atoms with Gasteiger partial charge < -0.3 is 5.84 Å². The van der Waals surface area contributed by atoms with Crippen LogP contribution in [0.25, 0.3) is 16.7 Å². The Morgan fingerprint density at radius 2 is 1.75 bits per heavy atom. The standard InChI is InChI=1S/C17H15N5OS/c18-22-15(23)13-8-4-5-9-14(13)21-16(22)19-20-17(21)24-11-10-12-6-2-1-3-7-12/h1-9H,10-11,18H2. The van der Waals surface area contributed by atoms with Crippen molar-refractivity contribution in [1.82, 2.24) is 19.3 Å². The lowest BCUT2D eigenvalue weighted by atomic mass is 10.2. The van der Waals surface area contributed by atoms with Gasteiger partial charge in [-0.1, -0.05) is 54.2 Å². The number of nitrogens with two attached hydrogens (primary N) is 1. The molecular formula is C17H15N5OS.